The van der Waals surface area contributed by atoms with Gasteiger partial charge in [0.25, 0.3) is 0 Å². The number of alkyl halides is 3. The maximum absolute atomic E-state index is 13.1. The maximum Gasteiger partial charge on any atom is 0.416 e. The van der Waals surface area contributed by atoms with Crippen LogP contribution in [-0.2, 0) is 11.6 Å². The number of nitrogens with one attached hydrogen (secondary N) is 2. The molecule has 2 fully saturated rings. The second-order valence-electron chi connectivity index (χ2n) is 8.12. The van der Waals surface area contributed by atoms with Crippen molar-refractivity contribution in [2.75, 3.05) is 29.9 Å². The number of halogens is 3. The van der Waals surface area contributed by atoms with E-state index < -0.39 is 17.2 Å². The molecule has 0 saturated carbocycles. The molecular weight excluding hydrogens is 407 g/mol. The summed E-state index contributed by atoms with van der Waals surface area (Å²) in [5.74, 6) is 0.862. The Morgan fingerprint density at radius 1 is 1.23 bits per heavy atom. The zero-order valence-corrected chi connectivity index (χ0v) is 17.2. The van der Waals surface area contributed by atoms with E-state index >= 15 is 0 Å². The molecule has 4 heterocycles. The number of hydrogen-bond donors (Lipinski definition) is 2. The monoisotopic (exact) mass is 431 g/mol. The number of nitrogens with zero attached hydrogens (tertiary/aromatic N) is 5. The second kappa shape index (κ2) is 8.30. The molecule has 0 aliphatic carbocycles. The summed E-state index contributed by atoms with van der Waals surface area (Å²) in [7, 11) is 0. The molecule has 2 aliphatic heterocycles. The lowest BCUT2D eigenvalue weighted by Crippen LogP contribution is -2.40. The molecule has 0 bridgehead atoms. The Balaban J connectivity index is 1.74. The van der Waals surface area contributed by atoms with Crippen molar-refractivity contribution in [1.29, 1.82) is 5.26 Å². The summed E-state index contributed by atoms with van der Waals surface area (Å²) in [4.78, 5) is 15.4. The number of hydrogen-bond acceptors (Lipinski definition) is 7. The molecule has 2 aromatic heterocycles. The van der Waals surface area contributed by atoms with E-state index in [0.717, 1.165) is 37.7 Å². The number of aromatic nitrogens is 3. The van der Waals surface area contributed by atoms with Gasteiger partial charge in [-0.1, -0.05) is 0 Å². The molecule has 4 rings (SSSR count). The molecular formula is C21H24F3N7. The third kappa shape index (κ3) is 4.42. The summed E-state index contributed by atoms with van der Waals surface area (Å²) in [5, 5.41) is 16.2. The Morgan fingerprint density at radius 3 is 2.65 bits per heavy atom. The van der Waals surface area contributed by atoms with E-state index in [4.69, 9.17) is 4.98 Å². The quantitative estimate of drug-likeness (QED) is 0.762. The Labute approximate surface area is 178 Å². The lowest BCUT2D eigenvalue weighted by molar-refractivity contribution is -0.137. The fourth-order valence-electron chi connectivity index (χ4n) is 4.19. The van der Waals surface area contributed by atoms with Crippen LogP contribution >= 0.6 is 0 Å². The van der Waals surface area contributed by atoms with Crippen LogP contribution in [0.4, 0.5) is 30.8 Å². The van der Waals surface area contributed by atoms with E-state index in [2.05, 4.69) is 38.5 Å². The van der Waals surface area contributed by atoms with Crippen LogP contribution in [0.25, 0.3) is 0 Å². The first kappa shape index (κ1) is 21.3. The van der Waals surface area contributed by atoms with Crippen molar-refractivity contribution in [2.24, 2.45) is 0 Å². The molecule has 1 atom stereocenters. The van der Waals surface area contributed by atoms with Crippen LogP contribution < -0.4 is 15.5 Å². The molecule has 2 aliphatic rings. The average molecular weight is 431 g/mol. The zero-order valence-electron chi connectivity index (χ0n) is 17.2. The first-order valence-corrected chi connectivity index (χ1v) is 10.4. The molecule has 0 spiro atoms. The fraction of sp³-hybridized carbons (Fsp3) is 0.524. The molecule has 10 heteroatoms. The molecule has 2 saturated heterocycles. The summed E-state index contributed by atoms with van der Waals surface area (Å²) in [6, 6.07) is 6.23. The van der Waals surface area contributed by atoms with Crippen LogP contribution in [0.3, 0.4) is 0 Å². The van der Waals surface area contributed by atoms with Gasteiger partial charge in [-0.05, 0) is 57.8 Å². The summed E-state index contributed by atoms with van der Waals surface area (Å²) < 4.78 is 39.3. The highest BCUT2D eigenvalue weighted by atomic mass is 19.4. The molecule has 31 heavy (non-hydrogen) atoms. The van der Waals surface area contributed by atoms with Crippen LogP contribution in [0.1, 0.15) is 43.9 Å². The molecule has 0 aromatic carbocycles. The second-order valence-corrected chi connectivity index (χ2v) is 8.12. The van der Waals surface area contributed by atoms with Gasteiger partial charge in [0.15, 0.2) is 0 Å². The number of piperidine rings is 1. The minimum atomic E-state index is -4.47. The van der Waals surface area contributed by atoms with Gasteiger partial charge in [0, 0.05) is 24.8 Å². The van der Waals surface area contributed by atoms with E-state index in [1.807, 2.05) is 0 Å². The molecule has 0 radical (unpaired) electrons. The third-order valence-corrected chi connectivity index (χ3v) is 6.03. The van der Waals surface area contributed by atoms with E-state index in [1.165, 1.54) is 0 Å². The normalized spacial score (nSPS) is 21.0. The highest BCUT2D eigenvalue weighted by molar-refractivity contribution is 5.56. The van der Waals surface area contributed by atoms with Crippen molar-refractivity contribution in [3.63, 3.8) is 0 Å². The van der Waals surface area contributed by atoms with Crippen molar-refractivity contribution in [1.82, 2.24) is 20.3 Å². The smallest absolute Gasteiger partial charge is 0.338 e. The Morgan fingerprint density at radius 2 is 2.00 bits per heavy atom. The number of anilines is 3. The highest BCUT2D eigenvalue weighted by Crippen LogP contribution is 2.35. The summed E-state index contributed by atoms with van der Waals surface area (Å²) >= 11 is 0. The summed E-state index contributed by atoms with van der Waals surface area (Å²) in [6.07, 6.45) is -0.112. The minimum Gasteiger partial charge on any atom is -0.338 e. The van der Waals surface area contributed by atoms with E-state index in [-0.39, 0.29) is 11.9 Å². The number of nitriles is 1. The minimum absolute atomic E-state index is 0.0382. The summed E-state index contributed by atoms with van der Waals surface area (Å²) in [6.45, 7) is 4.29. The molecule has 2 aromatic rings. The zero-order chi connectivity index (χ0) is 22.1. The topological polar surface area (TPSA) is 89.8 Å². The van der Waals surface area contributed by atoms with Gasteiger partial charge >= 0.3 is 6.18 Å². The molecule has 2 N–H and O–H groups in total. The Bertz CT molecular complexity index is 980. The SMILES string of the molecule is CC1CCCN1c1nc(Nc2cc(C(F)(F)F)ccn2)cc(C2(C#N)CCNCC2)n1. The fourth-order valence-corrected chi connectivity index (χ4v) is 4.19. The van der Waals surface area contributed by atoms with Gasteiger partial charge in [0.2, 0.25) is 5.95 Å². The molecule has 0 amide bonds. The third-order valence-electron chi connectivity index (χ3n) is 6.03. The van der Waals surface area contributed by atoms with Crippen LogP contribution in [0.15, 0.2) is 24.4 Å². The Hall–Kier alpha value is -2.93. The predicted octanol–water partition coefficient (Wildman–Crippen LogP) is 3.77. The van der Waals surface area contributed by atoms with Crippen molar-refractivity contribution in [3.05, 3.63) is 35.7 Å². The molecule has 7 nitrogen and oxygen atoms in total. The number of rotatable bonds is 4. The molecule has 164 valence electrons. The van der Waals surface area contributed by atoms with Crippen molar-refractivity contribution >= 4 is 17.6 Å². The van der Waals surface area contributed by atoms with Gasteiger partial charge in [-0.2, -0.15) is 23.4 Å². The van der Waals surface area contributed by atoms with E-state index in [0.29, 0.717) is 43.4 Å². The van der Waals surface area contributed by atoms with Crippen molar-refractivity contribution in [2.45, 2.75) is 50.2 Å². The number of pyridine rings is 1. The van der Waals surface area contributed by atoms with Gasteiger partial charge in [0.1, 0.15) is 17.1 Å². The van der Waals surface area contributed by atoms with Gasteiger partial charge in [0.05, 0.1) is 17.3 Å². The van der Waals surface area contributed by atoms with Crippen LogP contribution in [-0.4, -0.2) is 40.6 Å². The Kier molecular flexibility index (Phi) is 5.71. The van der Waals surface area contributed by atoms with E-state index in [9.17, 15) is 18.4 Å². The first-order valence-electron chi connectivity index (χ1n) is 10.4. The van der Waals surface area contributed by atoms with Crippen LogP contribution in [0.2, 0.25) is 0 Å². The lowest BCUT2D eigenvalue weighted by atomic mass is 9.77. The van der Waals surface area contributed by atoms with E-state index in [1.54, 1.807) is 6.07 Å². The standard InChI is InChI=1S/C21H24F3N7/c1-14-3-2-10-31(14)19-28-16(20(13-25)5-8-26-9-6-20)12-18(30-19)29-17-11-15(4-7-27-17)21(22,23)24/h4,7,11-12,14,26H,2-3,5-6,8-10H2,1H3,(H,27,28,29,30). The van der Waals surface area contributed by atoms with Crippen LogP contribution in [0, 0.1) is 11.3 Å². The van der Waals surface area contributed by atoms with Crippen molar-refractivity contribution in [3.8, 4) is 6.07 Å². The molecule has 1 unspecified atom stereocenters. The maximum atomic E-state index is 13.1. The highest BCUT2D eigenvalue weighted by Gasteiger charge is 2.37. The van der Waals surface area contributed by atoms with Crippen molar-refractivity contribution < 1.29 is 13.2 Å². The van der Waals surface area contributed by atoms with Gasteiger partial charge in [-0.15, -0.1) is 0 Å². The lowest BCUT2D eigenvalue weighted by Gasteiger charge is -2.32. The average Bonchev–Trinajstić information content (AvgIpc) is 3.19. The predicted molar refractivity (Wildman–Crippen MR) is 110 cm³/mol. The first-order chi connectivity index (χ1) is 14.8. The van der Waals surface area contributed by atoms with Gasteiger partial charge in [-0.3, -0.25) is 0 Å². The van der Waals surface area contributed by atoms with Gasteiger partial charge < -0.3 is 15.5 Å². The summed E-state index contributed by atoms with van der Waals surface area (Å²) in [5.41, 5.74) is -0.960. The van der Waals surface area contributed by atoms with Crippen LogP contribution in [0.5, 0.6) is 0 Å². The largest absolute Gasteiger partial charge is 0.416 e. The van der Waals surface area contributed by atoms with Gasteiger partial charge in [-0.25, -0.2) is 9.97 Å².